The zero-order valence-corrected chi connectivity index (χ0v) is 7.45. The van der Waals surface area contributed by atoms with Crippen LogP contribution in [0.4, 0.5) is 0 Å². The Morgan fingerprint density at radius 3 is 2.82 bits per heavy atom. The number of hydrogen-bond acceptors (Lipinski definition) is 3. The van der Waals surface area contributed by atoms with Crippen molar-refractivity contribution in [2.45, 2.75) is 6.42 Å². The molecule has 1 rings (SSSR count). The molecule has 0 spiro atoms. The van der Waals surface area contributed by atoms with E-state index in [1.54, 1.807) is 0 Å². The van der Waals surface area contributed by atoms with Crippen molar-refractivity contribution in [2.75, 3.05) is 18.7 Å². The molecule has 0 unspecified atom stereocenters. The Balaban J connectivity index is 2.24. The van der Waals surface area contributed by atoms with E-state index in [1.165, 1.54) is 0 Å². The van der Waals surface area contributed by atoms with Gasteiger partial charge in [0.25, 0.3) is 0 Å². The lowest BCUT2D eigenvalue weighted by molar-refractivity contribution is -0.117. The third-order valence-corrected chi connectivity index (χ3v) is 3.81. The maximum absolute atomic E-state index is 10.3. The molecular formula is C6H14N2O2S. The van der Waals surface area contributed by atoms with Gasteiger partial charge in [0, 0.05) is 13.0 Å². The molecule has 5 heteroatoms. The van der Waals surface area contributed by atoms with Crippen LogP contribution in [-0.4, -0.2) is 30.5 Å². The van der Waals surface area contributed by atoms with Gasteiger partial charge in [-0.15, -0.1) is 0 Å². The van der Waals surface area contributed by atoms with Crippen LogP contribution in [0, 0.1) is 0 Å². The fraction of sp³-hybridized carbons (Fsp3) is 0.667. The molecule has 0 atom stereocenters. The van der Waals surface area contributed by atoms with Gasteiger partial charge in [-0.05, 0) is 6.26 Å². The Morgan fingerprint density at radius 1 is 1.91 bits per heavy atom. The number of carbonyl (C=O) groups is 1. The molecule has 0 aromatic heterocycles. The number of primary amides is 1. The summed E-state index contributed by atoms with van der Waals surface area (Å²) in [4.78, 5) is 10.3. The van der Waals surface area contributed by atoms with Crippen molar-refractivity contribution in [1.82, 2.24) is 4.72 Å². The maximum Gasteiger partial charge on any atom is 0.218 e. The summed E-state index contributed by atoms with van der Waals surface area (Å²) in [6.07, 6.45) is 2.30. The van der Waals surface area contributed by atoms with Gasteiger partial charge < -0.3 is 9.92 Å². The van der Waals surface area contributed by atoms with Crippen LogP contribution in [0.1, 0.15) is 6.42 Å². The van der Waals surface area contributed by atoms with E-state index in [0.29, 0.717) is 18.9 Å². The summed E-state index contributed by atoms with van der Waals surface area (Å²) in [5, 5.41) is 0. The van der Waals surface area contributed by atoms with Crippen LogP contribution in [0.15, 0.2) is 0 Å². The third kappa shape index (κ3) is 2.61. The average Bonchev–Trinajstić information content (AvgIpc) is 2.42. The summed E-state index contributed by atoms with van der Waals surface area (Å²) >= 11 is 0. The second kappa shape index (κ2) is 2.30. The van der Waals surface area contributed by atoms with Gasteiger partial charge in [-0.1, -0.05) is 15.1 Å². The molecule has 0 radical (unpaired) electrons. The number of amides is 1. The fourth-order valence-electron chi connectivity index (χ4n) is 0.652. The molecule has 1 fully saturated rings. The highest BCUT2D eigenvalue weighted by Gasteiger charge is 2.38. The number of nitrogens with two attached hydrogens (primary N) is 1. The highest BCUT2D eigenvalue weighted by atomic mass is 32.3. The molecule has 66 valence electrons. The van der Waals surface area contributed by atoms with Crippen LogP contribution < -0.4 is 10.5 Å². The largest absolute Gasteiger partial charge is 0.370 e. The molecule has 11 heavy (non-hydrogen) atoms. The first-order valence-corrected chi connectivity index (χ1v) is 6.06. The minimum absolute atomic E-state index is 0.297. The summed E-state index contributed by atoms with van der Waals surface area (Å²) in [5.41, 5.74) is 4.96. The topological polar surface area (TPSA) is 67.6 Å². The van der Waals surface area contributed by atoms with E-state index in [9.17, 15) is 4.79 Å². The Kier molecular flexibility index (Phi) is 1.82. The summed E-state index contributed by atoms with van der Waals surface area (Å²) in [7, 11) is -1.91. The zero-order valence-electron chi connectivity index (χ0n) is 6.63. The lowest BCUT2D eigenvalue weighted by Gasteiger charge is -2.20. The molecule has 0 bridgehead atoms. The molecule has 1 aliphatic heterocycles. The normalized spacial score (nSPS) is 28.3. The molecular weight excluding hydrogens is 164 g/mol. The fourth-order valence-corrected chi connectivity index (χ4v) is 2.35. The van der Waals surface area contributed by atoms with Crippen molar-refractivity contribution < 1.29 is 8.98 Å². The zero-order chi connectivity index (χ0) is 8.56. The summed E-state index contributed by atoms with van der Waals surface area (Å²) in [6.45, 7) is 0.567. The van der Waals surface area contributed by atoms with Crippen LogP contribution in [0.3, 0.4) is 0 Å². The minimum Gasteiger partial charge on any atom is -0.370 e. The monoisotopic (exact) mass is 178 g/mol. The van der Waals surface area contributed by atoms with Crippen LogP contribution in [0.2, 0.25) is 0 Å². The highest BCUT2D eigenvalue weighted by molar-refractivity contribution is 8.45. The van der Waals surface area contributed by atoms with Gasteiger partial charge in [0.15, 0.2) is 0 Å². The standard InChI is InChI=1S/C6H14N2O2S/c1-11(2,5-10-11)8-4-3-6(7)9/h8H,1,3-5H2,2H3,(H2,7,9). The summed E-state index contributed by atoms with van der Waals surface area (Å²) in [6, 6.07) is 0. The second-order valence-corrected chi connectivity index (χ2v) is 7.39. The summed E-state index contributed by atoms with van der Waals surface area (Å²) in [5.74, 6) is 4.33. The minimum atomic E-state index is -1.91. The molecule has 0 saturated carbocycles. The van der Waals surface area contributed by atoms with Crippen molar-refractivity contribution in [3.05, 3.63) is 0 Å². The lowest BCUT2D eigenvalue weighted by atomic mass is 10.4. The number of rotatable bonds is 4. The first kappa shape index (κ1) is 8.70. The highest BCUT2D eigenvalue weighted by Crippen LogP contribution is 2.64. The van der Waals surface area contributed by atoms with Crippen molar-refractivity contribution >= 4 is 21.0 Å². The molecule has 1 aliphatic rings. The Labute approximate surface area is 66.3 Å². The Hall–Kier alpha value is -0.390. The van der Waals surface area contributed by atoms with E-state index in [1.807, 2.05) is 6.26 Å². The Bertz CT molecular complexity index is 241. The molecule has 1 amide bonds. The van der Waals surface area contributed by atoms with E-state index in [0.717, 1.165) is 0 Å². The van der Waals surface area contributed by atoms with Crippen LogP contribution in [0.5, 0.6) is 0 Å². The Morgan fingerprint density at radius 2 is 2.45 bits per heavy atom. The van der Waals surface area contributed by atoms with Gasteiger partial charge in [-0.2, -0.15) is 0 Å². The van der Waals surface area contributed by atoms with E-state index in [-0.39, 0.29) is 5.91 Å². The van der Waals surface area contributed by atoms with Gasteiger partial charge >= 0.3 is 0 Å². The number of hydrogen-bond donors (Lipinski definition) is 2. The van der Waals surface area contributed by atoms with Gasteiger partial charge in [-0.25, -0.2) is 0 Å². The molecule has 3 N–H and O–H groups in total. The van der Waals surface area contributed by atoms with Crippen molar-refractivity contribution in [1.29, 1.82) is 0 Å². The molecule has 0 aromatic carbocycles. The molecule has 1 saturated heterocycles. The average molecular weight is 178 g/mol. The number of nitrogens with one attached hydrogen (secondary N) is 1. The van der Waals surface area contributed by atoms with E-state index < -0.39 is 9.22 Å². The first-order valence-electron chi connectivity index (χ1n) is 3.34. The molecule has 0 aromatic rings. The van der Waals surface area contributed by atoms with Gasteiger partial charge in [0.2, 0.25) is 5.91 Å². The first-order chi connectivity index (χ1) is 4.91. The molecule has 1 heterocycles. The lowest BCUT2D eigenvalue weighted by Crippen LogP contribution is -2.22. The van der Waals surface area contributed by atoms with E-state index in [2.05, 4.69) is 10.6 Å². The van der Waals surface area contributed by atoms with Gasteiger partial charge in [0.05, 0.1) is 0 Å². The molecule has 4 nitrogen and oxygen atoms in total. The van der Waals surface area contributed by atoms with Crippen LogP contribution in [0.25, 0.3) is 0 Å². The van der Waals surface area contributed by atoms with Crippen LogP contribution in [-0.2, 0) is 8.98 Å². The molecule has 0 aliphatic carbocycles. The van der Waals surface area contributed by atoms with Crippen molar-refractivity contribution in [2.24, 2.45) is 5.73 Å². The second-order valence-electron chi connectivity index (χ2n) is 3.11. The van der Waals surface area contributed by atoms with Crippen LogP contribution >= 0.6 is 9.22 Å². The number of carbonyl (C=O) groups excluding carboxylic acids is 1. The quantitative estimate of drug-likeness (QED) is 0.457. The predicted octanol–water partition coefficient (Wildman–Crippen LogP) is -0.329. The smallest absolute Gasteiger partial charge is 0.218 e. The van der Waals surface area contributed by atoms with Crippen molar-refractivity contribution in [3.8, 4) is 0 Å². The summed E-state index contributed by atoms with van der Waals surface area (Å²) < 4.78 is 8.31. The predicted molar refractivity (Wildman–Crippen MR) is 48.4 cm³/mol. The maximum atomic E-state index is 10.3. The third-order valence-electron chi connectivity index (χ3n) is 1.52. The van der Waals surface area contributed by atoms with Crippen molar-refractivity contribution in [3.63, 3.8) is 0 Å². The van der Waals surface area contributed by atoms with E-state index in [4.69, 9.17) is 9.92 Å². The SMILES string of the molecule is C=S1(C)(NCCC(N)=O)CO1. The van der Waals surface area contributed by atoms with E-state index >= 15 is 0 Å². The van der Waals surface area contributed by atoms with Gasteiger partial charge in [0.1, 0.15) is 5.94 Å². The van der Waals surface area contributed by atoms with Gasteiger partial charge in [-0.3, -0.25) is 9.52 Å².